The number of aromatic nitrogens is 4. The zero-order valence-electron chi connectivity index (χ0n) is 10.0. The van der Waals surface area contributed by atoms with Crippen LogP contribution in [0.25, 0.3) is 0 Å². The molecule has 1 amide bonds. The first-order valence-electron chi connectivity index (χ1n) is 5.38. The van der Waals surface area contributed by atoms with Crippen LogP contribution in [-0.2, 0) is 6.54 Å². The highest BCUT2D eigenvalue weighted by Crippen LogP contribution is 2.27. The van der Waals surface area contributed by atoms with Crippen molar-refractivity contribution < 1.29 is 9.72 Å². The Hall–Kier alpha value is -3.08. The van der Waals surface area contributed by atoms with Crippen LogP contribution in [0, 0.1) is 10.1 Å². The third-order valence-electron chi connectivity index (χ3n) is 2.41. The zero-order valence-corrected chi connectivity index (χ0v) is 10.0. The summed E-state index contributed by atoms with van der Waals surface area (Å²) < 4.78 is 0. The first-order valence-corrected chi connectivity index (χ1v) is 5.38. The molecule has 0 saturated carbocycles. The Morgan fingerprint density at radius 1 is 1.50 bits per heavy atom. The second-order valence-electron chi connectivity index (χ2n) is 3.61. The maximum atomic E-state index is 12.0. The van der Waals surface area contributed by atoms with Crippen molar-refractivity contribution in [3.63, 3.8) is 0 Å². The van der Waals surface area contributed by atoms with Crippen LogP contribution in [0.3, 0.4) is 0 Å². The van der Waals surface area contributed by atoms with Gasteiger partial charge in [-0.25, -0.2) is 0 Å². The van der Waals surface area contributed by atoms with Crippen LogP contribution in [0.15, 0.2) is 18.2 Å². The van der Waals surface area contributed by atoms with Crippen LogP contribution in [0.2, 0.25) is 0 Å². The van der Waals surface area contributed by atoms with Crippen LogP contribution in [0.4, 0.5) is 11.4 Å². The number of nitrogens with two attached hydrogens (primary N) is 1. The lowest BCUT2D eigenvalue weighted by molar-refractivity contribution is -0.384. The van der Waals surface area contributed by atoms with Crippen LogP contribution in [0.1, 0.15) is 16.2 Å². The summed E-state index contributed by atoms with van der Waals surface area (Å²) in [6.07, 6.45) is 0. The summed E-state index contributed by atoms with van der Waals surface area (Å²) in [4.78, 5) is 22.3. The first-order chi connectivity index (χ1) is 9.63. The average molecular weight is 278 g/mol. The minimum Gasteiger partial charge on any atom is -0.344 e. The average Bonchev–Trinajstić information content (AvgIpc) is 2.96. The van der Waals surface area contributed by atoms with Gasteiger partial charge in [-0.1, -0.05) is 11.3 Å². The third kappa shape index (κ3) is 2.67. The minimum absolute atomic E-state index is 0.00717. The van der Waals surface area contributed by atoms with Gasteiger partial charge in [-0.3, -0.25) is 20.8 Å². The molecule has 0 saturated heterocycles. The van der Waals surface area contributed by atoms with Gasteiger partial charge in [0.2, 0.25) is 0 Å². The van der Waals surface area contributed by atoms with E-state index in [9.17, 15) is 14.9 Å². The molecule has 2 aromatic rings. The molecule has 0 aliphatic heterocycles. The molecular weight excluding hydrogens is 268 g/mol. The Bertz CT molecular complexity index is 626. The van der Waals surface area contributed by atoms with Crippen molar-refractivity contribution in [1.29, 1.82) is 0 Å². The number of H-pyrrole nitrogens is 1. The molecule has 104 valence electrons. The lowest BCUT2D eigenvalue weighted by atomic mass is 10.1. The Kier molecular flexibility index (Phi) is 3.81. The van der Waals surface area contributed by atoms with Crippen molar-refractivity contribution in [2.75, 3.05) is 5.43 Å². The van der Waals surface area contributed by atoms with E-state index >= 15 is 0 Å². The normalized spacial score (nSPS) is 10.1. The largest absolute Gasteiger partial charge is 0.344 e. The number of aromatic amines is 1. The van der Waals surface area contributed by atoms with E-state index in [-0.39, 0.29) is 23.6 Å². The van der Waals surface area contributed by atoms with Gasteiger partial charge in [0.1, 0.15) is 11.3 Å². The number of nitro groups is 1. The maximum absolute atomic E-state index is 12.0. The van der Waals surface area contributed by atoms with Crippen molar-refractivity contribution >= 4 is 17.3 Å². The van der Waals surface area contributed by atoms with E-state index in [4.69, 9.17) is 5.84 Å². The molecule has 1 aromatic heterocycles. The molecule has 11 heteroatoms. The van der Waals surface area contributed by atoms with E-state index in [0.29, 0.717) is 0 Å². The Labute approximate surface area is 111 Å². The van der Waals surface area contributed by atoms with Gasteiger partial charge in [0.25, 0.3) is 5.91 Å². The van der Waals surface area contributed by atoms with Crippen LogP contribution in [0.5, 0.6) is 0 Å². The predicted molar refractivity (Wildman–Crippen MR) is 66.3 cm³/mol. The Morgan fingerprint density at radius 2 is 2.30 bits per heavy atom. The molecule has 20 heavy (non-hydrogen) atoms. The number of amides is 1. The predicted octanol–water partition coefficient (Wildman–Crippen LogP) is -0.677. The lowest BCUT2D eigenvalue weighted by Gasteiger charge is -2.07. The Balaban J connectivity index is 2.23. The number of nitro benzene ring substituents is 1. The van der Waals surface area contributed by atoms with E-state index < -0.39 is 16.5 Å². The summed E-state index contributed by atoms with van der Waals surface area (Å²) in [6.45, 7) is -0.00717. The highest BCUT2D eigenvalue weighted by Gasteiger charge is 2.24. The van der Waals surface area contributed by atoms with Crippen LogP contribution in [-0.4, -0.2) is 31.5 Å². The highest BCUT2D eigenvalue weighted by atomic mass is 16.6. The topological polar surface area (TPSA) is 165 Å². The maximum Gasteiger partial charge on any atom is 0.306 e. The number of nitrogens with zero attached hydrogens (tertiary/aromatic N) is 4. The zero-order chi connectivity index (χ0) is 14.5. The number of carbonyl (C=O) groups excluding carboxylic acids is 1. The second kappa shape index (κ2) is 5.71. The quantitative estimate of drug-likeness (QED) is 0.317. The molecule has 0 fully saturated rings. The van der Waals surface area contributed by atoms with Crippen molar-refractivity contribution in [3.05, 3.63) is 39.7 Å². The monoisotopic (exact) mass is 278 g/mol. The minimum atomic E-state index is -0.682. The smallest absolute Gasteiger partial charge is 0.306 e. The second-order valence-corrected chi connectivity index (χ2v) is 3.61. The van der Waals surface area contributed by atoms with Crippen molar-refractivity contribution in [2.24, 2.45) is 5.84 Å². The van der Waals surface area contributed by atoms with Gasteiger partial charge < -0.3 is 10.7 Å². The molecule has 0 bridgehead atoms. The van der Waals surface area contributed by atoms with Crippen LogP contribution < -0.4 is 16.6 Å². The van der Waals surface area contributed by atoms with Crippen molar-refractivity contribution in [1.82, 2.24) is 25.9 Å². The van der Waals surface area contributed by atoms with E-state index in [2.05, 4.69) is 31.4 Å². The number of anilines is 1. The van der Waals surface area contributed by atoms with Gasteiger partial charge in [-0.2, -0.15) is 5.21 Å². The van der Waals surface area contributed by atoms with Gasteiger partial charge in [-0.15, -0.1) is 10.2 Å². The van der Waals surface area contributed by atoms with E-state index in [1.807, 2.05) is 0 Å². The van der Waals surface area contributed by atoms with Crippen LogP contribution >= 0.6 is 0 Å². The summed E-state index contributed by atoms with van der Waals surface area (Å²) in [5, 5.41) is 26.3. The number of benzene rings is 1. The number of carbonyl (C=O) groups is 1. The molecular formula is C9H10N8O3. The van der Waals surface area contributed by atoms with Gasteiger partial charge in [0.05, 0.1) is 11.5 Å². The van der Waals surface area contributed by atoms with Gasteiger partial charge >= 0.3 is 5.69 Å². The Morgan fingerprint density at radius 3 is 2.90 bits per heavy atom. The van der Waals surface area contributed by atoms with E-state index in [0.717, 1.165) is 0 Å². The molecule has 0 unspecified atom stereocenters. The third-order valence-corrected chi connectivity index (χ3v) is 2.41. The number of tetrazole rings is 1. The fourth-order valence-electron chi connectivity index (χ4n) is 1.55. The van der Waals surface area contributed by atoms with E-state index in [1.165, 1.54) is 18.2 Å². The summed E-state index contributed by atoms with van der Waals surface area (Å²) in [5.41, 5.74) is 1.71. The number of para-hydroxylation sites is 1. The molecule has 1 aromatic carbocycles. The number of nitrogen functional groups attached to an aromatic ring is 1. The molecule has 0 aliphatic carbocycles. The van der Waals surface area contributed by atoms with Crippen molar-refractivity contribution in [3.8, 4) is 0 Å². The number of hydrazine groups is 1. The fraction of sp³-hybridized carbons (Fsp3) is 0.111. The molecule has 0 aliphatic rings. The number of rotatable bonds is 5. The van der Waals surface area contributed by atoms with Gasteiger partial charge in [0.15, 0.2) is 5.82 Å². The lowest BCUT2D eigenvalue weighted by Crippen LogP contribution is -2.25. The molecule has 5 N–H and O–H groups in total. The molecule has 0 atom stereocenters. The molecule has 1 heterocycles. The van der Waals surface area contributed by atoms with E-state index in [1.54, 1.807) is 0 Å². The van der Waals surface area contributed by atoms with Gasteiger partial charge in [-0.05, 0) is 12.1 Å². The first kappa shape index (κ1) is 13.4. The number of hydrogen-bond acceptors (Lipinski definition) is 8. The standard InChI is InChI=1S/C9H10N8O3/c10-12-6-3-1-2-5(8(6)17(19)20)9(18)11-4-7-13-15-16-14-7/h1-3,12H,4,10H2,(H,11,18)(H,13,14,15,16). The molecule has 2 rings (SSSR count). The summed E-state index contributed by atoms with van der Waals surface area (Å²) in [7, 11) is 0. The summed E-state index contributed by atoms with van der Waals surface area (Å²) >= 11 is 0. The number of nitrogens with one attached hydrogen (secondary N) is 3. The molecule has 11 nitrogen and oxygen atoms in total. The molecule has 0 radical (unpaired) electrons. The highest BCUT2D eigenvalue weighted by molar-refractivity contribution is 6.00. The number of hydrogen-bond donors (Lipinski definition) is 4. The van der Waals surface area contributed by atoms with Crippen molar-refractivity contribution in [2.45, 2.75) is 6.54 Å². The SMILES string of the molecule is NNc1cccc(C(=O)NCc2nn[nH]n2)c1[N+](=O)[O-]. The van der Waals surface area contributed by atoms with Gasteiger partial charge in [0, 0.05) is 0 Å². The molecule has 0 spiro atoms. The summed E-state index contributed by atoms with van der Waals surface area (Å²) in [6, 6.07) is 4.20. The fourth-order valence-corrected chi connectivity index (χ4v) is 1.55. The summed E-state index contributed by atoms with van der Waals surface area (Å²) in [5.74, 6) is 4.81.